The lowest BCUT2D eigenvalue weighted by atomic mass is 9.97. The van der Waals surface area contributed by atoms with Crippen molar-refractivity contribution in [2.75, 3.05) is 0 Å². The smallest absolute Gasteiger partial charge is 0.0729 e. The highest BCUT2D eigenvalue weighted by Gasteiger charge is 2.25. The minimum atomic E-state index is -0.118. The van der Waals surface area contributed by atoms with E-state index >= 15 is 0 Å². The van der Waals surface area contributed by atoms with E-state index in [9.17, 15) is 5.11 Å². The fraction of sp³-hybridized carbons (Fsp3) is 0.800. The second kappa shape index (κ2) is 2.98. The van der Waals surface area contributed by atoms with Crippen molar-refractivity contribution in [1.29, 1.82) is 0 Å². The van der Waals surface area contributed by atoms with Crippen molar-refractivity contribution in [3.05, 3.63) is 11.6 Å². The summed E-state index contributed by atoms with van der Waals surface area (Å²) < 4.78 is 0. The maximum absolute atomic E-state index is 9.38. The number of aliphatic hydroxyl groups excluding tert-OH is 1. The van der Waals surface area contributed by atoms with Gasteiger partial charge in [0.05, 0.1) is 6.10 Å². The zero-order valence-corrected chi connectivity index (χ0v) is 6.92. The van der Waals surface area contributed by atoms with Crippen molar-refractivity contribution in [3.63, 3.8) is 0 Å². The molecule has 2 atom stereocenters. The molecule has 0 radical (unpaired) electrons. The summed E-state index contributed by atoms with van der Waals surface area (Å²) in [5.74, 6) is 0.743. The molecule has 0 bridgehead atoms. The molecule has 0 aromatic heterocycles. The molecule has 1 nitrogen and oxygen atoms in total. The SMILES string of the molecule is OC1C=C2CCCCCC2C1. The van der Waals surface area contributed by atoms with Gasteiger partial charge in [-0.25, -0.2) is 0 Å². The Morgan fingerprint density at radius 2 is 2.18 bits per heavy atom. The molecule has 2 rings (SSSR count). The summed E-state index contributed by atoms with van der Waals surface area (Å²) in [6.45, 7) is 0. The zero-order chi connectivity index (χ0) is 7.68. The second-order valence-electron chi connectivity index (χ2n) is 3.84. The van der Waals surface area contributed by atoms with Gasteiger partial charge in [0.25, 0.3) is 0 Å². The maximum atomic E-state index is 9.38. The highest BCUT2D eigenvalue weighted by atomic mass is 16.3. The third kappa shape index (κ3) is 1.48. The van der Waals surface area contributed by atoms with Crippen LogP contribution in [0.25, 0.3) is 0 Å². The predicted molar refractivity (Wildman–Crippen MR) is 45.3 cm³/mol. The van der Waals surface area contributed by atoms with E-state index in [4.69, 9.17) is 0 Å². The zero-order valence-electron chi connectivity index (χ0n) is 6.92. The van der Waals surface area contributed by atoms with Crippen LogP contribution in [0.3, 0.4) is 0 Å². The Balaban J connectivity index is 2.08. The number of aliphatic hydroxyl groups is 1. The van der Waals surface area contributed by atoms with E-state index in [1.165, 1.54) is 32.1 Å². The third-order valence-electron chi connectivity index (χ3n) is 2.97. The van der Waals surface area contributed by atoms with Gasteiger partial charge >= 0.3 is 0 Å². The minimum Gasteiger partial charge on any atom is -0.389 e. The van der Waals surface area contributed by atoms with E-state index in [0.29, 0.717) is 0 Å². The molecular weight excluding hydrogens is 136 g/mol. The van der Waals surface area contributed by atoms with Crippen LogP contribution >= 0.6 is 0 Å². The number of hydrogen-bond acceptors (Lipinski definition) is 1. The first kappa shape index (κ1) is 7.35. The van der Waals surface area contributed by atoms with Crippen LogP contribution in [0.5, 0.6) is 0 Å². The Hall–Kier alpha value is -0.300. The van der Waals surface area contributed by atoms with Gasteiger partial charge in [0.1, 0.15) is 0 Å². The molecule has 0 aromatic carbocycles. The number of rotatable bonds is 0. The lowest BCUT2D eigenvalue weighted by Crippen LogP contribution is -2.02. The van der Waals surface area contributed by atoms with Crippen LogP contribution in [0.4, 0.5) is 0 Å². The summed E-state index contributed by atoms with van der Waals surface area (Å²) in [5, 5.41) is 9.38. The second-order valence-corrected chi connectivity index (χ2v) is 3.84. The first-order valence-corrected chi connectivity index (χ1v) is 4.75. The van der Waals surface area contributed by atoms with Gasteiger partial charge in [0.2, 0.25) is 0 Å². The molecule has 0 saturated heterocycles. The van der Waals surface area contributed by atoms with Crippen molar-refractivity contribution in [3.8, 4) is 0 Å². The van der Waals surface area contributed by atoms with E-state index in [0.717, 1.165) is 12.3 Å². The van der Waals surface area contributed by atoms with Gasteiger partial charge in [-0.2, -0.15) is 0 Å². The van der Waals surface area contributed by atoms with E-state index in [1.807, 2.05) is 0 Å². The Morgan fingerprint density at radius 1 is 1.27 bits per heavy atom. The van der Waals surface area contributed by atoms with E-state index in [1.54, 1.807) is 5.57 Å². The standard InChI is InChI=1S/C10H16O/c11-10-6-8-4-2-1-3-5-9(8)7-10/h6,9-11H,1-5,7H2. The molecular formula is C10H16O. The number of fused-ring (bicyclic) bond motifs is 1. The average Bonchev–Trinajstić information content (AvgIpc) is 2.17. The first-order chi connectivity index (χ1) is 5.36. The molecule has 1 fully saturated rings. The molecule has 2 aliphatic carbocycles. The van der Waals surface area contributed by atoms with Crippen LogP contribution in [0, 0.1) is 5.92 Å². The monoisotopic (exact) mass is 152 g/mol. The van der Waals surface area contributed by atoms with Crippen LogP contribution in [-0.4, -0.2) is 11.2 Å². The molecule has 1 saturated carbocycles. The molecule has 0 heterocycles. The molecule has 11 heavy (non-hydrogen) atoms. The van der Waals surface area contributed by atoms with Crippen molar-refractivity contribution in [2.45, 2.75) is 44.6 Å². The Morgan fingerprint density at radius 3 is 3.09 bits per heavy atom. The fourth-order valence-corrected chi connectivity index (χ4v) is 2.38. The first-order valence-electron chi connectivity index (χ1n) is 4.75. The quantitative estimate of drug-likeness (QED) is 0.528. The predicted octanol–water partition coefficient (Wildman–Crippen LogP) is 2.26. The molecule has 2 aliphatic rings. The fourth-order valence-electron chi connectivity index (χ4n) is 2.38. The van der Waals surface area contributed by atoms with Gasteiger partial charge in [-0.1, -0.05) is 24.5 Å². The molecule has 62 valence electrons. The van der Waals surface area contributed by atoms with Crippen LogP contribution in [0.15, 0.2) is 11.6 Å². The molecule has 2 unspecified atom stereocenters. The minimum absolute atomic E-state index is 0.118. The Labute approximate surface area is 68.1 Å². The summed E-state index contributed by atoms with van der Waals surface area (Å²) >= 11 is 0. The van der Waals surface area contributed by atoms with Gasteiger partial charge in [-0.05, 0) is 31.6 Å². The van der Waals surface area contributed by atoms with Crippen molar-refractivity contribution in [1.82, 2.24) is 0 Å². The molecule has 0 amide bonds. The summed E-state index contributed by atoms with van der Waals surface area (Å²) in [6, 6.07) is 0. The van der Waals surface area contributed by atoms with E-state index in [2.05, 4.69) is 6.08 Å². The maximum Gasteiger partial charge on any atom is 0.0729 e. The molecule has 0 aliphatic heterocycles. The molecule has 1 heteroatoms. The average molecular weight is 152 g/mol. The molecule has 0 aromatic rings. The number of hydrogen-bond donors (Lipinski definition) is 1. The van der Waals surface area contributed by atoms with Gasteiger partial charge in [-0.15, -0.1) is 0 Å². The Bertz CT molecular complexity index is 172. The van der Waals surface area contributed by atoms with Crippen LogP contribution in [0.2, 0.25) is 0 Å². The summed E-state index contributed by atoms with van der Waals surface area (Å²) in [4.78, 5) is 0. The summed E-state index contributed by atoms with van der Waals surface area (Å²) in [7, 11) is 0. The largest absolute Gasteiger partial charge is 0.389 e. The van der Waals surface area contributed by atoms with Crippen molar-refractivity contribution in [2.24, 2.45) is 5.92 Å². The molecule has 1 N–H and O–H groups in total. The summed E-state index contributed by atoms with van der Waals surface area (Å²) in [5.41, 5.74) is 1.55. The van der Waals surface area contributed by atoms with Crippen LogP contribution in [0.1, 0.15) is 38.5 Å². The lowest BCUT2D eigenvalue weighted by molar-refractivity contribution is 0.207. The highest BCUT2D eigenvalue weighted by molar-refractivity contribution is 5.17. The normalized spacial score (nSPS) is 37.7. The summed E-state index contributed by atoms with van der Waals surface area (Å²) in [6.07, 6.45) is 9.66. The van der Waals surface area contributed by atoms with E-state index in [-0.39, 0.29) is 6.10 Å². The van der Waals surface area contributed by atoms with Crippen molar-refractivity contribution >= 4 is 0 Å². The van der Waals surface area contributed by atoms with Crippen LogP contribution in [-0.2, 0) is 0 Å². The van der Waals surface area contributed by atoms with E-state index < -0.39 is 0 Å². The van der Waals surface area contributed by atoms with Crippen molar-refractivity contribution < 1.29 is 5.11 Å². The Kier molecular flexibility index (Phi) is 1.99. The topological polar surface area (TPSA) is 20.2 Å². The van der Waals surface area contributed by atoms with Gasteiger partial charge in [-0.3, -0.25) is 0 Å². The highest BCUT2D eigenvalue weighted by Crippen LogP contribution is 2.36. The third-order valence-corrected chi connectivity index (χ3v) is 2.97. The number of allylic oxidation sites excluding steroid dienone is 1. The van der Waals surface area contributed by atoms with Gasteiger partial charge in [0.15, 0.2) is 0 Å². The van der Waals surface area contributed by atoms with Crippen LogP contribution < -0.4 is 0 Å². The molecule has 0 spiro atoms. The lowest BCUT2D eigenvalue weighted by Gasteiger charge is -2.09. The van der Waals surface area contributed by atoms with Gasteiger partial charge < -0.3 is 5.11 Å². The van der Waals surface area contributed by atoms with Gasteiger partial charge in [0, 0.05) is 0 Å².